The molecule has 0 saturated carbocycles. The lowest BCUT2D eigenvalue weighted by molar-refractivity contribution is 0.417. The van der Waals surface area contributed by atoms with Crippen molar-refractivity contribution in [3.63, 3.8) is 0 Å². The standard InChI is InChI=1S/C13H12N2O2S/c1-3-11(16-5-1)9-14-8-10-7-12(17-15-10)13-4-2-6-18-13/h1-7,14H,8-9H2. The molecule has 0 saturated heterocycles. The summed E-state index contributed by atoms with van der Waals surface area (Å²) >= 11 is 1.64. The molecule has 3 aromatic heterocycles. The van der Waals surface area contributed by atoms with Gasteiger partial charge in [0.25, 0.3) is 0 Å². The van der Waals surface area contributed by atoms with Gasteiger partial charge < -0.3 is 14.3 Å². The SMILES string of the molecule is c1coc(CNCc2cc(-c3cccs3)on2)c1. The number of nitrogens with one attached hydrogen (secondary N) is 1. The number of hydrogen-bond acceptors (Lipinski definition) is 5. The molecule has 0 spiro atoms. The summed E-state index contributed by atoms with van der Waals surface area (Å²) in [7, 11) is 0. The largest absolute Gasteiger partial charge is 0.468 e. The zero-order valence-corrected chi connectivity index (χ0v) is 10.4. The minimum atomic E-state index is 0.662. The highest BCUT2D eigenvalue weighted by Gasteiger charge is 2.07. The summed E-state index contributed by atoms with van der Waals surface area (Å²) in [5.41, 5.74) is 0.893. The fourth-order valence-corrected chi connectivity index (χ4v) is 2.33. The lowest BCUT2D eigenvalue weighted by Gasteiger charge is -1.97. The monoisotopic (exact) mass is 260 g/mol. The van der Waals surface area contributed by atoms with Crippen LogP contribution in [0.3, 0.4) is 0 Å². The Kier molecular flexibility index (Phi) is 3.25. The van der Waals surface area contributed by atoms with Crippen molar-refractivity contribution in [1.82, 2.24) is 10.5 Å². The maximum absolute atomic E-state index is 5.29. The van der Waals surface area contributed by atoms with Crippen molar-refractivity contribution in [1.29, 1.82) is 0 Å². The highest BCUT2D eigenvalue weighted by atomic mass is 32.1. The van der Waals surface area contributed by atoms with Crippen LogP contribution in [-0.4, -0.2) is 5.16 Å². The quantitative estimate of drug-likeness (QED) is 0.764. The Bertz CT molecular complexity index is 584. The zero-order valence-electron chi connectivity index (χ0n) is 9.63. The van der Waals surface area contributed by atoms with Crippen molar-refractivity contribution in [3.05, 3.63) is 53.4 Å². The van der Waals surface area contributed by atoms with Crippen LogP contribution in [0.15, 0.2) is 50.9 Å². The van der Waals surface area contributed by atoms with E-state index in [2.05, 4.69) is 10.5 Å². The maximum Gasteiger partial charge on any atom is 0.177 e. The van der Waals surface area contributed by atoms with Crippen LogP contribution in [0.1, 0.15) is 11.5 Å². The summed E-state index contributed by atoms with van der Waals surface area (Å²) in [6.07, 6.45) is 1.67. The topological polar surface area (TPSA) is 51.2 Å². The Labute approximate surface area is 108 Å². The number of hydrogen-bond donors (Lipinski definition) is 1. The van der Waals surface area contributed by atoms with Gasteiger partial charge in [0, 0.05) is 12.6 Å². The third-order valence-corrected chi connectivity index (χ3v) is 3.39. The van der Waals surface area contributed by atoms with Crippen LogP contribution in [0.25, 0.3) is 10.6 Å². The van der Waals surface area contributed by atoms with Gasteiger partial charge in [0.2, 0.25) is 0 Å². The molecule has 0 aliphatic rings. The van der Waals surface area contributed by atoms with Crippen molar-refractivity contribution in [2.45, 2.75) is 13.1 Å². The lowest BCUT2D eigenvalue weighted by Crippen LogP contribution is -2.12. The minimum absolute atomic E-state index is 0.662. The van der Waals surface area contributed by atoms with Gasteiger partial charge >= 0.3 is 0 Å². The van der Waals surface area contributed by atoms with Crippen LogP contribution >= 0.6 is 11.3 Å². The van der Waals surface area contributed by atoms with Crippen LogP contribution in [0.4, 0.5) is 0 Å². The van der Waals surface area contributed by atoms with Crippen LogP contribution < -0.4 is 5.32 Å². The molecule has 3 rings (SSSR count). The van der Waals surface area contributed by atoms with E-state index in [0.717, 1.165) is 22.1 Å². The molecule has 0 fully saturated rings. The van der Waals surface area contributed by atoms with Crippen LogP contribution in [-0.2, 0) is 13.1 Å². The predicted molar refractivity (Wildman–Crippen MR) is 69.1 cm³/mol. The minimum Gasteiger partial charge on any atom is -0.468 e. The second-order valence-corrected chi connectivity index (χ2v) is 4.79. The molecular formula is C13H12N2O2S. The van der Waals surface area contributed by atoms with Crippen molar-refractivity contribution >= 4 is 11.3 Å². The van der Waals surface area contributed by atoms with Gasteiger partial charge in [0.1, 0.15) is 5.76 Å². The van der Waals surface area contributed by atoms with E-state index >= 15 is 0 Å². The molecule has 0 amide bonds. The molecule has 0 aromatic carbocycles. The predicted octanol–water partition coefficient (Wildman–Crippen LogP) is 3.29. The molecule has 0 atom stereocenters. The van der Waals surface area contributed by atoms with Crippen molar-refractivity contribution in [2.75, 3.05) is 0 Å². The van der Waals surface area contributed by atoms with Crippen LogP contribution in [0.5, 0.6) is 0 Å². The average Bonchev–Trinajstić information content (AvgIpc) is 3.12. The molecule has 0 unspecified atom stereocenters. The molecule has 3 aromatic rings. The highest BCUT2D eigenvalue weighted by molar-refractivity contribution is 7.13. The molecule has 1 N–H and O–H groups in total. The van der Waals surface area contributed by atoms with Crippen molar-refractivity contribution in [2.24, 2.45) is 0 Å². The van der Waals surface area contributed by atoms with E-state index in [4.69, 9.17) is 8.94 Å². The Hall–Kier alpha value is -1.85. The smallest absolute Gasteiger partial charge is 0.177 e. The summed E-state index contributed by atoms with van der Waals surface area (Å²) in [5.74, 6) is 1.73. The van der Waals surface area contributed by atoms with Crippen LogP contribution in [0, 0.1) is 0 Å². The fourth-order valence-electron chi connectivity index (χ4n) is 1.66. The van der Waals surface area contributed by atoms with Gasteiger partial charge in [-0.3, -0.25) is 0 Å². The number of furan rings is 1. The third kappa shape index (κ3) is 2.52. The Morgan fingerprint density at radius 1 is 1.22 bits per heavy atom. The van der Waals surface area contributed by atoms with E-state index in [1.54, 1.807) is 17.6 Å². The van der Waals surface area contributed by atoms with Crippen molar-refractivity contribution < 1.29 is 8.94 Å². The number of aromatic nitrogens is 1. The molecule has 0 bridgehead atoms. The Balaban J connectivity index is 1.57. The first kappa shape index (κ1) is 11.3. The Morgan fingerprint density at radius 3 is 3.00 bits per heavy atom. The van der Waals surface area contributed by atoms with Gasteiger partial charge in [-0.15, -0.1) is 11.3 Å². The lowest BCUT2D eigenvalue weighted by atomic mass is 10.3. The molecule has 18 heavy (non-hydrogen) atoms. The fraction of sp³-hybridized carbons (Fsp3) is 0.154. The van der Waals surface area contributed by atoms with E-state index in [-0.39, 0.29) is 0 Å². The van der Waals surface area contributed by atoms with E-state index in [1.807, 2.05) is 35.7 Å². The number of thiophene rings is 1. The van der Waals surface area contributed by atoms with E-state index in [9.17, 15) is 0 Å². The highest BCUT2D eigenvalue weighted by Crippen LogP contribution is 2.24. The summed E-state index contributed by atoms with van der Waals surface area (Å²) < 4.78 is 10.5. The number of rotatable bonds is 5. The van der Waals surface area contributed by atoms with Gasteiger partial charge in [-0.2, -0.15) is 0 Å². The summed E-state index contributed by atoms with van der Waals surface area (Å²) in [6.45, 7) is 1.35. The molecule has 3 heterocycles. The molecular weight excluding hydrogens is 248 g/mol. The number of nitrogens with zero attached hydrogens (tertiary/aromatic N) is 1. The van der Waals surface area contributed by atoms with E-state index < -0.39 is 0 Å². The summed E-state index contributed by atoms with van der Waals surface area (Å²) in [6, 6.07) is 9.79. The second kappa shape index (κ2) is 5.20. The van der Waals surface area contributed by atoms with Crippen molar-refractivity contribution in [3.8, 4) is 10.6 Å². The maximum atomic E-state index is 5.29. The first-order valence-electron chi connectivity index (χ1n) is 5.64. The van der Waals surface area contributed by atoms with Crippen LogP contribution in [0.2, 0.25) is 0 Å². The molecule has 0 aliphatic heterocycles. The molecule has 0 radical (unpaired) electrons. The first-order valence-corrected chi connectivity index (χ1v) is 6.52. The average molecular weight is 260 g/mol. The van der Waals surface area contributed by atoms with Gasteiger partial charge in [0.15, 0.2) is 5.76 Å². The van der Waals surface area contributed by atoms with Gasteiger partial charge in [-0.05, 0) is 23.6 Å². The molecule has 0 aliphatic carbocycles. The first-order chi connectivity index (χ1) is 8.92. The zero-order chi connectivity index (χ0) is 12.2. The van der Waals surface area contributed by atoms with Gasteiger partial charge in [0.05, 0.1) is 23.4 Å². The Morgan fingerprint density at radius 2 is 2.22 bits per heavy atom. The molecule has 5 heteroatoms. The second-order valence-electron chi connectivity index (χ2n) is 3.84. The normalized spacial score (nSPS) is 10.9. The van der Waals surface area contributed by atoms with E-state index in [0.29, 0.717) is 13.1 Å². The third-order valence-electron chi connectivity index (χ3n) is 2.51. The summed E-state index contributed by atoms with van der Waals surface area (Å²) in [5, 5.41) is 9.30. The van der Waals surface area contributed by atoms with E-state index in [1.165, 1.54) is 0 Å². The molecule has 92 valence electrons. The van der Waals surface area contributed by atoms with Gasteiger partial charge in [-0.1, -0.05) is 11.2 Å². The molecule has 4 nitrogen and oxygen atoms in total. The summed E-state index contributed by atoms with van der Waals surface area (Å²) in [4.78, 5) is 1.10. The van der Waals surface area contributed by atoms with Gasteiger partial charge in [-0.25, -0.2) is 0 Å².